The minimum Gasteiger partial charge on any atom is -0.317 e. The molecule has 5 heteroatoms. The molecule has 1 aromatic heterocycles. The second-order valence-electron chi connectivity index (χ2n) is 5.90. The summed E-state index contributed by atoms with van der Waals surface area (Å²) in [5.41, 5.74) is 2.38. The van der Waals surface area contributed by atoms with E-state index in [1.807, 2.05) is 11.7 Å². The van der Waals surface area contributed by atoms with Crippen molar-refractivity contribution in [2.45, 2.75) is 39.7 Å². The molecule has 2 rings (SSSR count). The third kappa shape index (κ3) is 4.06. The molecule has 0 saturated carbocycles. The maximum absolute atomic E-state index is 4.50. The molecule has 1 fully saturated rings. The Morgan fingerprint density at radius 3 is 2.65 bits per heavy atom. The maximum Gasteiger partial charge on any atom is 0.0739 e. The van der Waals surface area contributed by atoms with Gasteiger partial charge in [0, 0.05) is 20.1 Å². The fraction of sp³-hybridized carbons (Fsp3) is 0.800. The van der Waals surface area contributed by atoms with Gasteiger partial charge in [-0.05, 0) is 67.7 Å². The lowest BCUT2D eigenvalue weighted by Crippen LogP contribution is -2.36. The summed E-state index contributed by atoms with van der Waals surface area (Å²) in [5, 5.41) is 7.95. The van der Waals surface area contributed by atoms with E-state index in [9.17, 15) is 0 Å². The largest absolute Gasteiger partial charge is 0.317 e. The number of aromatic nitrogens is 2. The summed E-state index contributed by atoms with van der Waals surface area (Å²) in [5.74, 6) is 0.843. The first-order valence-electron chi connectivity index (χ1n) is 7.72. The number of aryl methyl sites for hydroxylation is 2. The molecule has 1 saturated heterocycles. The van der Waals surface area contributed by atoms with E-state index in [0.29, 0.717) is 0 Å². The second-order valence-corrected chi connectivity index (χ2v) is 6.69. The molecular weight excluding hydrogens is 316 g/mol. The Hall–Kier alpha value is -0.390. The second kappa shape index (κ2) is 7.57. The van der Waals surface area contributed by atoms with Crippen molar-refractivity contribution in [1.82, 2.24) is 20.0 Å². The minimum atomic E-state index is 0.843. The molecule has 1 aromatic rings. The number of halogens is 1. The highest BCUT2D eigenvalue weighted by Gasteiger charge is 2.19. The summed E-state index contributed by atoms with van der Waals surface area (Å²) in [4.78, 5) is 2.59. The Labute approximate surface area is 131 Å². The van der Waals surface area contributed by atoms with E-state index in [1.54, 1.807) is 0 Å². The minimum absolute atomic E-state index is 0.843. The van der Waals surface area contributed by atoms with Gasteiger partial charge < -0.3 is 5.32 Å². The van der Waals surface area contributed by atoms with E-state index in [-0.39, 0.29) is 0 Å². The fourth-order valence-corrected chi connectivity index (χ4v) is 3.51. The molecule has 0 aromatic carbocycles. The molecule has 0 atom stereocenters. The van der Waals surface area contributed by atoms with E-state index in [2.05, 4.69) is 45.1 Å². The molecule has 0 spiro atoms. The van der Waals surface area contributed by atoms with Crippen LogP contribution < -0.4 is 5.32 Å². The topological polar surface area (TPSA) is 33.1 Å². The number of hydrogen-bond donors (Lipinski definition) is 1. The zero-order valence-electron chi connectivity index (χ0n) is 13.0. The quantitative estimate of drug-likeness (QED) is 0.862. The van der Waals surface area contributed by atoms with E-state index in [4.69, 9.17) is 0 Å². The molecule has 2 heterocycles. The van der Waals surface area contributed by atoms with E-state index in [1.165, 1.54) is 55.6 Å². The van der Waals surface area contributed by atoms with Gasteiger partial charge in [0.2, 0.25) is 0 Å². The average molecular weight is 343 g/mol. The average Bonchev–Trinajstić information content (AvgIpc) is 2.67. The summed E-state index contributed by atoms with van der Waals surface area (Å²) in [6.45, 7) is 10.1. The number of hydrogen-bond acceptors (Lipinski definition) is 3. The summed E-state index contributed by atoms with van der Waals surface area (Å²) < 4.78 is 3.19. The van der Waals surface area contributed by atoms with Crippen molar-refractivity contribution >= 4 is 15.9 Å². The molecular formula is C15H27BrN4. The van der Waals surface area contributed by atoms with Crippen LogP contribution in [0.25, 0.3) is 0 Å². The molecule has 0 radical (unpaired) electrons. The molecule has 114 valence electrons. The van der Waals surface area contributed by atoms with Crippen LogP contribution in [0, 0.1) is 12.8 Å². The van der Waals surface area contributed by atoms with Crippen LogP contribution in [0.2, 0.25) is 0 Å². The van der Waals surface area contributed by atoms with Crippen LogP contribution in [0.4, 0.5) is 0 Å². The van der Waals surface area contributed by atoms with Gasteiger partial charge in [-0.3, -0.25) is 9.58 Å². The van der Waals surface area contributed by atoms with Crippen LogP contribution >= 0.6 is 15.9 Å². The Morgan fingerprint density at radius 2 is 2.10 bits per heavy atom. The van der Waals surface area contributed by atoms with Crippen LogP contribution in [0.3, 0.4) is 0 Å². The van der Waals surface area contributed by atoms with E-state index < -0.39 is 0 Å². The van der Waals surface area contributed by atoms with Crippen LogP contribution in [-0.4, -0.2) is 40.9 Å². The Kier molecular flexibility index (Phi) is 6.05. The van der Waals surface area contributed by atoms with Crippen molar-refractivity contribution in [3.8, 4) is 0 Å². The van der Waals surface area contributed by atoms with Gasteiger partial charge in [-0.15, -0.1) is 0 Å². The lowest BCUT2D eigenvalue weighted by Gasteiger charge is -2.30. The molecule has 0 bridgehead atoms. The zero-order valence-corrected chi connectivity index (χ0v) is 14.5. The third-order valence-electron chi connectivity index (χ3n) is 4.15. The normalized spacial score (nSPS) is 17.1. The zero-order chi connectivity index (χ0) is 14.5. The third-order valence-corrected chi connectivity index (χ3v) is 5.18. The highest BCUT2D eigenvalue weighted by Crippen LogP contribution is 2.23. The first kappa shape index (κ1) is 16.0. The Bertz CT molecular complexity index is 424. The van der Waals surface area contributed by atoms with Gasteiger partial charge in [0.05, 0.1) is 15.9 Å². The molecule has 0 amide bonds. The van der Waals surface area contributed by atoms with Gasteiger partial charge in [-0.1, -0.05) is 6.92 Å². The Morgan fingerprint density at radius 1 is 1.40 bits per heavy atom. The van der Waals surface area contributed by atoms with E-state index >= 15 is 0 Å². The highest BCUT2D eigenvalue weighted by atomic mass is 79.9. The fourth-order valence-electron chi connectivity index (χ4n) is 3.04. The van der Waals surface area contributed by atoms with Crippen LogP contribution in [-0.2, 0) is 13.6 Å². The molecule has 1 aliphatic rings. The number of rotatable bonds is 6. The van der Waals surface area contributed by atoms with Crippen molar-refractivity contribution < 1.29 is 0 Å². The molecule has 0 unspecified atom stereocenters. The number of nitrogens with zero attached hydrogens (tertiary/aromatic N) is 3. The van der Waals surface area contributed by atoms with Gasteiger partial charge >= 0.3 is 0 Å². The SMILES string of the molecule is CCCN(Cc1c(Br)c(C)nn1C)CC1CCNCC1. The highest BCUT2D eigenvalue weighted by molar-refractivity contribution is 9.10. The van der Waals surface area contributed by atoms with E-state index in [0.717, 1.165) is 18.2 Å². The lowest BCUT2D eigenvalue weighted by atomic mass is 9.97. The van der Waals surface area contributed by atoms with Crippen LogP contribution in [0.15, 0.2) is 4.47 Å². The summed E-state index contributed by atoms with van der Waals surface area (Å²) in [7, 11) is 2.04. The smallest absolute Gasteiger partial charge is 0.0739 e. The Balaban J connectivity index is 2.00. The number of piperidine rings is 1. The predicted octanol–water partition coefficient (Wildman–Crippen LogP) is 2.70. The van der Waals surface area contributed by atoms with Crippen LogP contribution in [0.5, 0.6) is 0 Å². The first-order valence-corrected chi connectivity index (χ1v) is 8.52. The van der Waals surface area contributed by atoms with Crippen molar-refractivity contribution in [1.29, 1.82) is 0 Å². The monoisotopic (exact) mass is 342 g/mol. The molecule has 1 aliphatic heterocycles. The van der Waals surface area contributed by atoms with Gasteiger partial charge in [0.1, 0.15) is 0 Å². The standard InChI is InChI=1S/C15H27BrN4/c1-4-9-20(10-13-5-7-17-8-6-13)11-14-15(16)12(2)18-19(14)3/h13,17H,4-11H2,1-3H3. The predicted molar refractivity (Wildman–Crippen MR) is 86.8 cm³/mol. The lowest BCUT2D eigenvalue weighted by molar-refractivity contribution is 0.194. The van der Waals surface area contributed by atoms with Gasteiger partial charge in [-0.2, -0.15) is 5.10 Å². The summed E-state index contributed by atoms with van der Waals surface area (Å²) >= 11 is 3.69. The first-order chi connectivity index (χ1) is 9.61. The molecule has 4 nitrogen and oxygen atoms in total. The van der Waals surface area contributed by atoms with Crippen molar-refractivity contribution in [2.75, 3.05) is 26.2 Å². The van der Waals surface area contributed by atoms with Crippen molar-refractivity contribution in [3.05, 3.63) is 15.9 Å². The van der Waals surface area contributed by atoms with Crippen molar-refractivity contribution in [2.24, 2.45) is 13.0 Å². The van der Waals surface area contributed by atoms with Gasteiger partial charge in [0.25, 0.3) is 0 Å². The van der Waals surface area contributed by atoms with Gasteiger partial charge in [-0.25, -0.2) is 0 Å². The molecule has 0 aliphatic carbocycles. The molecule has 1 N–H and O–H groups in total. The van der Waals surface area contributed by atoms with Crippen molar-refractivity contribution in [3.63, 3.8) is 0 Å². The molecule has 20 heavy (non-hydrogen) atoms. The van der Waals surface area contributed by atoms with Gasteiger partial charge in [0.15, 0.2) is 0 Å². The number of nitrogens with one attached hydrogen (secondary N) is 1. The van der Waals surface area contributed by atoms with Crippen LogP contribution in [0.1, 0.15) is 37.6 Å². The summed E-state index contributed by atoms with van der Waals surface area (Å²) in [6.07, 6.45) is 3.83. The maximum atomic E-state index is 4.50. The summed E-state index contributed by atoms with van der Waals surface area (Å²) in [6, 6.07) is 0.